The van der Waals surface area contributed by atoms with Crippen LogP contribution in [0.3, 0.4) is 0 Å². The van der Waals surface area contributed by atoms with Crippen LogP contribution in [0.2, 0.25) is 5.02 Å². The standard InChI is InChI=1S/C15H13ClF2N2O/c1-8(14-12(17)3-2-4-13(14)18)20-9-5-6-10(15(19)21)11(16)7-9/h2-8,20H,1H3,(H2,19,21). The van der Waals surface area contributed by atoms with E-state index in [9.17, 15) is 13.6 Å². The van der Waals surface area contributed by atoms with Crippen molar-refractivity contribution < 1.29 is 13.6 Å². The maximum Gasteiger partial charge on any atom is 0.250 e. The van der Waals surface area contributed by atoms with Crippen molar-refractivity contribution in [2.45, 2.75) is 13.0 Å². The molecule has 3 N–H and O–H groups in total. The van der Waals surface area contributed by atoms with E-state index in [0.29, 0.717) is 5.69 Å². The summed E-state index contributed by atoms with van der Waals surface area (Å²) in [4.78, 5) is 11.1. The van der Waals surface area contributed by atoms with Crippen LogP contribution in [-0.4, -0.2) is 5.91 Å². The molecule has 1 amide bonds. The Morgan fingerprint density at radius 1 is 1.24 bits per heavy atom. The Bertz CT molecular complexity index is 671. The summed E-state index contributed by atoms with van der Waals surface area (Å²) >= 11 is 5.93. The maximum atomic E-state index is 13.7. The molecule has 2 rings (SSSR count). The Balaban J connectivity index is 2.26. The topological polar surface area (TPSA) is 55.1 Å². The van der Waals surface area contributed by atoms with Crippen molar-refractivity contribution in [2.75, 3.05) is 5.32 Å². The number of benzene rings is 2. The normalized spacial score (nSPS) is 12.0. The summed E-state index contributed by atoms with van der Waals surface area (Å²) in [5.41, 5.74) is 5.81. The van der Waals surface area contributed by atoms with Crippen LogP contribution in [0.4, 0.5) is 14.5 Å². The fraction of sp³-hybridized carbons (Fsp3) is 0.133. The molecule has 0 aliphatic rings. The van der Waals surface area contributed by atoms with Gasteiger partial charge in [0.15, 0.2) is 0 Å². The minimum absolute atomic E-state index is 0.0624. The highest BCUT2D eigenvalue weighted by Crippen LogP contribution is 2.27. The number of nitrogens with two attached hydrogens (primary N) is 1. The van der Waals surface area contributed by atoms with Gasteiger partial charge in [0, 0.05) is 11.3 Å². The van der Waals surface area contributed by atoms with E-state index in [1.54, 1.807) is 13.0 Å². The molecule has 6 heteroatoms. The van der Waals surface area contributed by atoms with Gasteiger partial charge in [0.2, 0.25) is 5.91 Å². The molecule has 0 aromatic heterocycles. The number of hydrogen-bond acceptors (Lipinski definition) is 2. The first-order valence-corrected chi connectivity index (χ1v) is 6.57. The van der Waals surface area contributed by atoms with Gasteiger partial charge in [-0.1, -0.05) is 17.7 Å². The minimum atomic E-state index is -0.639. The van der Waals surface area contributed by atoms with Crippen LogP contribution in [0.15, 0.2) is 36.4 Å². The lowest BCUT2D eigenvalue weighted by atomic mass is 10.1. The molecule has 0 aliphatic heterocycles. The second kappa shape index (κ2) is 6.10. The smallest absolute Gasteiger partial charge is 0.250 e. The summed E-state index contributed by atoms with van der Waals surface area (Å²) in [5, 5.41) is 3.10. The number of anilines is 1. The molecule has 1 atom stereocenters. The van der Waals surface area contributed by atoms with Crippen molar-refractivity contribution in [1.82, 2.24) is 0 Å². The molecule has 0 aliphatic carbocycles. The van der Waals surface area contributed by atoms with Gasteiger partial charge in [-0.2, -0.15) is 0 Å². The van der Waals surface area contributed by atoms with Crippen LogP contribution in [0.1, 0.15) is 28.9 Å². The molecular weight excluding hydrogens is 298 g/mol. The van der Waals surface area contributed by atoms with E-state index in [-0.39, 0.29) is 16.1 Å². The van der Waals surface area contributed by atoms with E-state index >= 15 is 0 Å². The summed E-state index contributed by atoms with van der Waals surface area (Å²) < 4.78 is 27.4. The molecule has 1 unspecified atom stereocenters. The molecule has 2 aromatic carbocycles. The van der Waals surface area contributed by atoms with Crippen molar-refractivity contribution in [1.29, 1.82) is 0 Å². The third-order valence-corrected chi connectivity index (χ3v) is 3.36. The number of carbonyl (C=O) groups excluding carboxylic acids is 1. The summed E-state index contributed by atoms with van der Waals surface area (Å²) in [6.45, 7) is 1.62. The second-order valence-electron chi connectivity index (χ2n) is 4.56. The predicted octanol–water partition coefficient (Wildman–Crippen LogP) is 3.89. The number of carbonyl (C=O) groups is 1. The van der Waals surface area contributed by atoms with Crippen molar-refractivity contribution in [2.24, 2.45) is 5.73 Å². The van der Waals surface area contributed by atoms with E-state index in [1.807, 2.05) is 0 Å². The largest absolute Gasteiger partial charge is 0.378 e. The van der Waals surface area contributed by atoms with Crippen LogP contribution in [0.5, 0.6) is 0 Å². The zero-order valence-electron chi connectivity index (χ0n) is 11.2. The molecule has 0 heterocycles. The summed E-state index contributed by atoms with van der Waals surface area (Å²) in [7, 11) is 0. The van der Waals surface area contributed by atoms with Gasteiger partial charge in [0.1, 0.15) is 11.6 Å². The van der Waals surface area contributed by atoms with Gasteiger partial charge in [-0.05, 0) is 37.3 Å². The Kier molecular flexibility index (Phi) is 4.43. The minimum Gasteiger partial charge on any atom is -0.378 e. The number of halogens is 3. The van der Waals surface area contributed by atoms with Gasteiger partial charge in [-0.15, -0.1) is 0 Å². The predicted molar refractivity (Wildman–Crippen MR) is 78.4 cm³/mol. The SMILES string of the molecule is CC(Nc1ccc(C(N)=O)c(Cl)c1)c1c(F)cccc1F. The highest BCUT2D eigenvalue weighted by Gasteiger charge is 2.16. The van der Waals surface area contributed by atoms with Gasteiger partial charge in [0.05, 0.1) is 16.6 Å². The van der Waals surface area contributed by atoms with E-state index in [2.05, 4.69) is 5.32 Å². The molecule has 21 heavy (non-hydrogen) atoms. The van der Waals surface area contributed by atoms with Crippen LogP contribution >= 0.6 is 11.6 Å². The first-order chi connectivity index (χ1) is 9.90. The molecule has 0 saturated carbocycles. The van der Waals surface area contributed by atoms with Crippen LogP contribution in [-0.2, 0) is 0 Å². The number of amides is 1. The third-order valence-electron chi connectivity index (χ3n) is 3.05. The van der Waals surface area contributed by atoms with Gasteiger partial charge in [-0.3, -0.25) is 4.79 Å². The van der Waals surface area contributed by atoms with E-state index < -0.39 is 23.6 Å². The molecule has 3 nitrogen and oxygen atoms in total. The summed E-state index contributed by atoms with van der Waals surface area (Å²) in [6, 6.07) is 7.59. The molecule has 110 valence electrons. The van der Waals surface area contributed by atoms with Crippen molar-refractivity contribution in [3.63, 3.8) is 0 Å². The number of rotatable bonds is 4. The Labute approximate surface area is 125 Å². The molecule has 0 bridgehead atoms. The average Bonchev–Trinajstić information content (AvgIpc) is 2.37. The lowest BCUT2D eigenvalue weighted by Gasteiger charge is -2.17. The van der Waals surface area contributed by atoms with E-state index in [4.69, 9.17) is 17.3 Å². The highest BCUT2D eigenvalue weighted by molar-refractivity contribution is 6.34. The van der Waals surface area contributed by atoms with E-state index in [0.717, 1.165) is 0 Å². The summed E-state index contributed by atoms with van der Waals surface area (Å²) in [6.07, 6.45) is 0. The van der Waals surface area contributed by atoms with Crippen molar-refractivity contribution >= 4 is 23.2 Å². The Hall–Kier alpha value is -2.14. The first-order valence-electron chi connectivity index (χ1n) is 6.20. The summed E-state index contributed by atoms with van der Waals surface area (Å²) in [5.74, 6) is -1.90. The van der Waals surface area contributed by atoms with Gasteiger partial charge < -0.3 is 11.1 Å². The average molecular weight is 311 g/mol. The molecular formula is C15H13ClF2N2O. The van der Waals surface area contributed by atoms with Crippen molar-refractivity contribution in [3.8, 4) is 0 Å². The van der Waals surface area contributed by atoms with Crippen LogP contribution < -0.4 is 11.1 Å². The first kappa shape index (κ1) is 15.3. The highest BCUT2D eigenvalue weighted by atomic mass is 35.5. The number of primary amides is 1. The second-order valence-corrected chi connectivity index (χ2v) is 4.97. The molecule has 0 saturated heterocycles. The fourth-order valence-corrected chi connectivity index (χ4v) is 2.32. The van der Waals surface area contributed by atoms with Gasteiger partial charge in [0.25, 0.3) is 0 Å². The molecule has 0 spiro atoms. The fourth-order valence-electron chi connectivity index (χ4n) is 2.05. The monoisotopic (exact) mass is 310 g/mol. The molecule has 0 radical (unpaired) electrons. The Morgan fingerprint density at radius 2 is 1.86 bits per heavy atom. The number of hydrogen-bond donors (Lipinski definition) is 2. The molecule has 0 fully saturated rings. The van der Waals surface area contributed by atoms with E-state index in [1.165, 1.54) is 30.3 Å². The lowest BCUT2D eigenvalue weighted by molar-refractivity contribution is 0.100. The van der Waals surface area contributed by atoms with Crippen molar-refractivity contribution in [3.05, 3.63) is 64.2 Å². The van der Waals surface area contributed by atoms with Crippen LogP contribution in [0, 0.1) is 11.6 Å². The maximum absolute atomic E-state index is 13.7. The van der Waals surface area contributed by atoms with Gasteiger partial charge in [-0.25, -0.2) is 8.78 Å². The zero-order chi connectivity index (χ0) is 15.6. The Morgan fingerprint density at radius 3 is 2.38 bits per heavy atom. The van der Waals surface area contributed by atoms with Gasteiger partial charge >= 0.3 is 0 Å². The lowest BCUT2D eigenvalue weighted by Crippen LogP contribution is -2.13. The van der Waals surface area contributed by atoms with Crippen LogP contribution in [0.25, 0.3) is 0 Å². The third kappa shape index (κ3) is 3.31. The molecule has 2 aromatic rings. The number of nitrogens with one attached hydrogen (secondary N) is 1. The quantitative estimate of drug-likeness (QED) is 0.900. The zero-order valence-corrected chi connectivity index (χ0v) is 11.9.